The summed E-state index contributed by atoms with van der Waals surface area (Å²) < 4.78 is 5.31. The molecule has 1 aliphatic carbocycles. The zero-order valence-electron chi connectivity index (χ0n) is 14.6. The lowest BCUT2D eigenvalue weighted by Crippen LogP contribution is -2.34. The number of carbonyl (C=O) groups is 1. The average Bonchev–Trinajstić information content (AvgIpc) is 2.67. The molecule has 0 radical (unpaired) electrons. The Balaban J connectivity index is 1.41. The monoisotopic (exact) mass is 356 g/mol. The molecule has 1 aliphatic rings. The molecule has 1 heterocycles. The number of aliphatic hydroxyl groups is 1. The van der Waals surface area contributed by atoms with E-state index >= 15 is 0 Å². The molecule has 1 fully saturated rings. The summed E-state index contributed by atoms with van der Waals surface area (Å²) in [6.45, 7) is 0.788. The normalized spacial score (nSPS) is 22.6. The lowest BCUT2D eigenvalue weighted by Gasteiger charge is -2.35. The molecule has 0 saturated heterocycles. The molecular formula is C20H24N2O4. The van der Waals surface area contributed by atoms with Crippen LogP contribution in [0.1, 0.15) is 36.9 Å². The van der Waals surface area contributed by atoms with Crippen LogP contribution in [0.2, 0.25) is 0 Å². The number of ether oxygens (including phenoxy) is 1. The summed E-state index contributed by atoms with van der Waals surface area (Å²) in [6, 6.07) is 12.9. The van der Waals surface area contributed by atoms with Gasteiger partial charge >= 0.3 is 6.09 Å². The topological polar surface area (TPSA) is 91.7 Å². The van der Waals surface area contributed by atoms with Crippen molar-refractivity contribution in [2.75, 3.05) is 6.61 Å². The van der Waals surface area contributed by atoms with Crippen LogP contribution >= 0.6 is 0 Å². The molecule has 0 atom stereocenters. The van der Waals surface area contributed by atoms with Crippen LogP contribution in [0, 0.1) is 5.92 Å². The van der Waals surface area contributed by atoms with Crippen molar-refractivity contribution in [3.8, 4) is 5.75 Å². The second-order valence-corrected chi connectivity index (χ2v) is 6.81. The minimum atomic E-state index is -0.972. The van der Waals surface area contributed by atoms with Crippen LogP contribution in [0.3, 0.4) is 0 Å². The Kier molecular flexibility index (Phi) is 5.73. The largest absolute Gasteiger partial charge is 0.506 e. The van der Waals surface area contributed by atoms with Crippen molar-refractivity contribution in [1.29, 1.82) is 0 Å². The molecule has 1 aromatic carbocycles. The standard InChI is InChI=1S/C20H24N2O4/c23-17-6-7-18(21-13-17)20(25)10-8-16(9-11-20)14-26-19(24)22-12-15-4-2-1-3-5-15/h1-7,13,16,23,25H,8-12,14H2,(H,22,24). The number of benzene rings is 1. The van der Waals surface area contributed by atoms with E-state index < -0.39 is 11.7 Å². The van der Waals surface area contributed by atoms with Crippen molar-refractivity contribution in [2.24, 2.45) is 5.92 Å². The number of hydrogen-bond donors (Lipinski definition) is 3. The van der Waals surface area contributed by atoms with Gasteiger partial charge in [-0.05, 0) is 49.3 Å². The number of amides is 1. The number of nitrogens with one attached hydrogen (secondary N) is 1. The Morgan fingerprint density at radius 3 is 2.58 bits per heavy atom. The third-order valence-corrected chi connectivity index (χ3v) is 4.89. The average molecular weight is 356 g/mol. The molecule has 1 amide bonds. The van der Waals surface area contributed by atoms with Crippen LogP contribution in [-0.4, -0.2) is 27.9 Å². The van der Waals surface area contributed by atoms with Gasteiger partial charge in [-0.2, -0.15) is 0 Å². The smallest absolute Gasteiger partial charge is 0.407 e. The van der Waals surface area contributed by atoms with E-state index in [4.69, 9.17) is 4.74 Å². The summed E-state index contributed by atoms with van der Waals surface area (Å²) in [6.07, 6.45) is 3.56. The lowest BCUT2D eigenvalue weighted by molar-refractivity contribution is -0.0258. The van der Waals surface area contributed by atoms with Gasteiger partial charge in [0.05, 0.1) is 18.5 Å². The van der Waals surface area contributed by atoms with Gasteiger partial charge in [0.2, 0.25) is 0 Å². The van der Waals surface area contributed by atoms with Crippen molar-refractivity contribution in [3.05, 3.63) is 59.9 Å². The lowest BCUT2D eigenvalue weighted by atomic mass is 9.77. The Hall–Kier alpha value is -2.60. The maximum atomic E-state index is 11.8. The van der Waals surface area contributed by atoms with Gasteiger partial charge in [-0.3, -0.25) is 4.98 Å². The maximum absolute atomic E-state index is 11.8. The predicted molar refractivity (Wildman–Crippen MR) is 96.4 cm³/mol. The number of nitrogens with zero attached hydrogens (tertiary/aromatic N) is 1. The highest BCUT2D eigenvalue weighted by molar-refractivity contribution is 5.67. The fourth-order valence-corrected chi connectivity index (χ4v) is 3.25. The predicted octanol–water partition coefficient (Wildman–Crippen LogP) is 3.09. The fourth-order valence-electron chi connectivity index (χ4n) is 3.25. The van der Waals surface area contributed by atoms with E-state index in [0.29, 0.717) is 31.7 Å². The zero-order valence-corrected chi connectivity index (χ0v) is 14.6. The minimum Gasteiger partial charge on any atom is -0.506 e. The van der Waals surface area contributed by atoms with Gasteiger partial charge in [0, 0.05) is 6.54 Å². The van der Waals surface area contributed by atoms with Crippen molar-refractivity contribution >= 4 is 6.09 Å². The van der Waals surface area contributed by atoms with Crippen molar-refractivity contribution < 1.29 is 19.7 Å². The van der Waals surface area contributed by atoms with E-state index in [-0.39, 0.29) is 11.7 Å². The molecule has 1 aromatic heterocycles. The van der Waals surface area contributed by atoms with Crippen LogP contribution in [0.25, 0.3) is 0 Å². The van der Waals surface area contributed by atoms with E-state index in [2.05, 4.69) is 10.3 Å². The summed E-state index contributed by atoms with van der Waals surface area (Å²) in [5.74, 6) is 0.316. The third-order valence-electron chi connectivity index (χ3n) is 4.89. The van der Waals surface area contributed by atoms with Gasteiger partial charge in [-0.1, -0.05) is 30.3 Å². The van der Waals surface area contributed by atoms with Crippen molar-refractivity contribution in [2.45, 2.75) is 37.8 Å². The van der Waals surface area contributed by atoms with Crippen LogP contribution < -0.4 is 5.32 Å². The molecular weight excluding hydrogens is 332 g/mol. The maximum Gasteiger partial charge on any atom is 0.407 e. The van der Waals surface area contributed by atoms with E-state index in [1.165, 1.54) is 12.3 Å². The van der Waals surface area contributed by atoms with Gasteiger partial charge in [-0.25, -0.2) is 4.79 Å². The van der Waals surface area contributed by atoms with Crippen LogP contribution in [0.15, 0.2) is 48.7 Å². The van der Waals surface area contributed by atoms with E-state index in [1.807, 2.05) is 30.3 Å². The second-order valence-electron chi connectivity index (χ2n) is 6.81. The second kappa shape index (κ2) is 8.19. The summed E-state index contributed by atoms with van der Waals surface area (Å²) in [4.78, 5) is 16.0. The highest BCUT2D eigenvalue weighted by Gasteiger charge is 2.36. The Morgan fingerprint density at radius 1 is 1.19 bits per heavy atom. The van der Waals surface area contributed by atoms with Gasteiger partial charge in [0.25, 0.3) is 0 Å². The van der Waals surface area contributed by atoms with Gasteiger partial charge in [0.15, 0.2) is 0 Å². The minimum absolute atomic E-state index is 0.0842. The van der Waals surface area contributed by atoms with Crippen LogP contribution in [0.4, 0.5) is 4.79 Å². The number of aromatic nitrogens is 1. The Labute approximate surface area is 152 Å². The molecule has 0 spiro atoms. The van der Waals surface area contributed by atoms with E-state index in [9.17, 15) is 15.0 Å². The quantitative estimate of drug-likeness (QED) is 0.766. The first-order valence-corrected chi connectivity index (χ1v) is 8.87. The van der Waals surface area contributed by atoms with E-state index in [1.54, 1.807) is 6.07 Å². The number of carbonyl (C=O) groups excluding carboxylic acids is 1. The highest BCUT2D eigenvalue weighted by Crippen LogP contribution is 2.38. The molecule has 2 aromatic rings. The van der Waals surface area contributed by atoms with E-state index in [0.717, 1.165) is 18.4 Å². The third kappa shape index (κ3) is 4.73. The summed E-state index contributed by atoms with van der Waals surface area (Å²) >= 11 is 0. The summed E-state index contributed by atoms with van der Waals surface area (Å²) in [7, 11) is 0. The molecule has 138 valence electrons. The molecule has 6 nitrogen and oxygen atoms in total. The molecule has 0 aliphatic heterocycles. The van der Waals surface area contributed by atoms with Gasteiger partial charge in [0.1, 0.15) is 11.4 Å². The molecule has 1 saturated carbocycles. The molecule has 26 heavy (non-hydrogen) atoms. The van der Waals surface area contributed by atoms with Crippen molar-refractivity contribution in [1.82, 2.24) is 10.3 Å². The molecule has 0 unspecified atom stereocenters. The first-order chi connectivity index (χ1) is 12.5. The molecule has 3 N–H and O–H groups in total. The van der Waals surface area contributed by atoms with Crippen LogP contribution in [-0.2, 0) is 16.9 Å². The van der Waals surface area contributed by atoms with Gasteiger partial charge in [-0.15, -0.1) is 0 Å². The molecule has 6 heteroatoms. The van der Waals surface area contributed by atoms with Crippen molar-refractivity contribution in [3.63, 3.8) is 0 Å². The first-order valence-electron chi connectivity index (χ1n) is 8.87. The van der Waals surface area contributed by atoms with Crippen LogP contribution in [0.5, 0.6) is 5.75 Å². The Morgan fingerprint density at radius 2 is 1.92 bits per heavy atom. The fraction of sp³-hybridized carbons (Fsp3) is 0.400. The first kappa shape index (κ1) is 18.2. The number of pyridine rings is 1. The number of hydrogen-bond acceptors (Lipinski definition) is 5. The number of rotatable bonds is 5. The number of aromatic hydroxyl groups is 1. The van der Waals surface area contributed by atoms with Gasteiger partial charge < -0.3 is 20.3 Å². The molecule has 3 rings (SSSR count). The molecule has 0 bridgehead atoms. The number of alkyl carbamates (subject to hydrolysis) is 1. The summed E-state index contributed by atoms with van der Waals surface area (Å²) in [5, 5.41) is 22.8. The Bertz CT molecular complexity index is 710. The highest BCUT2D eigenvalue weighted by atomic mass is 16.5. The SMILES string of the molecule is O=C(NCc1ccccc1)OCC1CCC(O)(c2ccc(O)cn2)CC1. The summed E-state index contributed by atoms with van der Waals surface area (Å²) in [5.41, 5.74) is 0.628. The zero-order chi connectivity index (χ0) is 18.4.